The minimum absolute atomic E-state index is 0.0112. The van der Waals surface area contributed by atoms with Crippen LogP contribution in [-0.2, 0) is 29.2 Å². The van der Waals surface area contributed by atoms with E-state index >= 15 is 0 Å². The zero-order chi connectivity index (χ0) is 22.9. The second-order valence-corrected chi connectivity index (χ2v) is 9.11. The summed E-state index contributed by atoms with van der Waals surface area (Å²) in [5.41, 5.74) is 0.463. The van der Waals surface area contributed by atoms with Crippen molar-refractivity contribution in [2.24, 2.45) is 0 Å². The van der Waals surface area contributed by atoms with Gasteiger partial charge in [-0.1, -0.05) is 6.58 Å². The molecule has 0 aliphatic heterocycles. The van der Waals surface area contributed by atoms with Crippen LogP contribution in [0.5, 0.6) is 5.75 Å². The van der Waals surface area contributed by atoms with E-state index in [-0.39, 0.29) is 29.9 Å². The molecule has 0 saturated carbocycles. The van der Waals surface area contributed by atoms with Crippen LogP contribution in [-0.4, -0.2) is 49.3 Å². The fourth-order valence-electron chi connectivity index (χ4n) is 2.15. The molecule has 11 heteroatoms. The number of ether oxygens (including phenoxy) is 3. The van der Waals surface area contributed by atoms with Crippen molar-refractivity contribution < 1.29 is 41.6 Å². The van der Waals surface area contributed by atoms with Gasteiger partial charge in [0.15, 0.2) is 0 Å². The second-order valence-electron chi connectivity index (χ2n) is 6.45. The van der Waals surface area contributed by atoms with E-state index in [0.717, 1.165) is 0 Å². The zero-order valence-electron chi connectivity index (χ0n) is 16.6. The van der Waals surface area contributed by atoms with Crippen molar-refractivity contribution in [1.82, 2.24) is 0 Å². The number of benzene rings is 1. The summed E-state index contributed by atoms with van der Waals surface area (Å²) in [7, 11) is -4.22. The van der Waals surface area contributed by atoms with Gasteiger partial charge in [-0.25, -0.2) is 9.59 Å². The first-order chi connectivity index (χ1) is 13.9. The average molecular weight is 554 g/mol. The van der Waals surface area contributed by atoms with Crippen LogP contribution >= 0.6 is 22.6 Å². The van der Waals surface area contributed by atoms with Gasteiger partial charge in [-0.15, -0.1) is 0 Å². The summed E-state index contributed by atoms with van der Waals surface area (Å²) in [5.74, 6) is -2.29. The lowest BCUT2D eigenvalue weighted by molar-refractivity contribution is -0.147. The molecule has 1 atom stereocenters. The summed E-state index contributed by atoms with van der Waals surface area (Å²) in [6, 6.07) is 4.56. The third-order valence-electron chi connectivity index (χ3n) is 3.50. The van der Waals surface area contributed by atoms with E-state index in [9.17, 15) is 22.8 Å². The molecule has 30 heavy (non-hydrogen) atoms. The van der Waals surface area contributed by atoms with Crippen LogP contribution < -0.4 is 4.74 Å². The van der Waals surface area contributed by atoms with E-state index in [1.54, 1.807) is 12.1 Å². The van der Waals surface area contributed by atoms with Gasteiger partial charge in [-0.3, -0.25) is 9.35 Å². The van der Waals surface area contributed by atoms with Gasteiger partial charge in [0.25, 0.3) is 10.1 Å². The summed E-state index contributed by atoms with van der Waals surface area (Å²) in [6.07, 6.45) is -0.206. The Hall–Kier alpha value is -1.99. The Balaban J connectivity index is 2.43. The van der Waals surface area contributed by atoms with Crippen molar-refractivity contribution in [1.29, 1.82) is 0 Å². The SMILES string of the molecule is C=C(C)C(=O)Oc1ccc(I)c(C(=O)OCCCCC(=O)OC(C)CS(=O)(=O)O)c1. The molecule has 1 rings (SSSR count). The molecule has 1 unspecified atom stereocenters. The zero-order valence-corrected chi connectivity index (χ0v) is 19.5. The number of rotatable bonds is 11. The van der Waals surface area contributed by atoms with Crippen molar-refractivity contribution in [3.8, 4) is 5.75 Å². The van der Waals surface area contributed by atoms with E-state index in [2.05, 4.69) is 6.58 Å². The van der Waals surface area contributed by atoms with Crippen LogP contribution in [0.2, 0.25) is 0 Å². The van der Waals surface area contributed by atoms with Crippen molar-refractivity contribution in [2.45, 2.75) is 39.2 Å². The molecule has 1 aromatic carbocycles. The fraction of sp³-hybridized carbons (Fsp3) is 0.421. The third kappa shape index (κ3) is 10.2. The molecule has 0 radical (unpaired) electrons. The van der Waals surface area contributed by atoms with E-state index in [1.165, 1.54) is 19.9 Å². The lowest BCUT2D eigenvalue weighted by Gasteiger charge is -2.11. The lowest BCUT2D eigenvalue weighted by Crippen LogP contribution is -2.23. The normalized spacial score (nSPS) is 12.0. The van der Waals surface area contributed by atoms with Gasteiger partial charge in [0, 0.05) is 15.6 Å². The maximum absolute atomic E-state index is 12.3. The first-order valence-electron chi connectivity index (χ1n) is 8.88. The van der Waals surface area contributed by atoms with Crippen molar-refractivity contribution in [2.75, 3.05) is 12.4 Å². The van der Waals surface area contributed by atoms with Crippen LogP contribution in [0.3, 0.4) is 0 Å². The first kappa shape index (κ1) is 26.0. The third-order valence-corrected chi connectivity index (χ3v) is 5.33. The number of carbonyl (C=O) groups excluding carboxylic acids is 3. The summed E-state index contributed by atoms with van der Waals surface area (Å²) in [6.45, 7) is 6.41. The largest absolute Gasteiger partial charge is 0.462 e. The number of hydrogen-bond acceptors (Lipinski definition) is 8. The van der Waals surface area contributed by atoms with Gasteiger partial charge in [0.05, 0.1) is 12.2 Å². The predicted octanol–water partition coefficient (Wildman–Crippen LogP) is 2.92. The Morgan fingerprint density at radius 3 is 2.50 bits per heavy atom. The molecular formula is C19H23IO9S. The standard InChI is InChI=1S/C19H23IO9S/c1-12(2)18(22)29-14-7-8-16(20)15(10-14)19(23)27-9-5-4-6-17(21)28-13(3)11-30(24,25)26/h7-8,10,13H,1,4-6,9,11H2,2-3H3,(H,24,25,26). The Kier molecular flexibility index (Phi) is 10.4. The molecule has 1 N–H and O–H groups in total. The number of halogens is 1. The number of esters is 3. The minimum Gasteiger partial charge on any atom is -0.462 e. The second kappa shape index (κ2) is 12.0. The molecule has 0 saturated heterocycles. The summed E-state index contributed by atoms with van der Waals surface area (Å²) in [5, 5.41) is 0. The number of hydrogen-bond donors (Lipinski definition) is 1. The lowest BCUT2D eigenvalue weighted by atomic mass is 10.2. The molecule has 0 amide bonds. The highest BCUT2D eigenvalue weighted by Crippen LogP contribution is 2.21. The quantitative estimate of drug-likeness (QED) is 0.109. The molecule has 0 aromatic heterocycles. The number of carbonyl (C=O) groups is 3. The molecule has 0 fully saturated rings. The van der Waals surface area contributed by atoms with Crippen LogP contribution in [0.25, 0.3) is 0 Å². The molecule has 0 bridgehead atoms. The molecule has 0 aliphatic carbocycles. The Morgan fingerprint density at radius 2 is 1.90 bits per heavy atom. The molecule has 0 spiro atoms. The van der Waals surface area contributed by atoms with Gasteiger partial charge in [-0.05, 0) is 67.5 Å². The summed E-state index contributed by atoms with van der Waals surface area (Å²) >= 11 is 1.96. The highest BCUT2D eigenvalue weighted by Gasteiger charge is 2.17. The van der Waals surface area contributed by atoms with Crippen LogP contribution in [0, 0.1) is 3.57 Å². The van der Waals surface area contributed by atoms with E-state index in [4.69, 9.17) is 18.8 Å². The molecular weight excluding hydrogens is 531 g/mol. The molecule has 0 aliphatic rings. The maximum Gasteiger partial charge on any atom is 0.339 e. The maximum atomic E-state index is 12.3. The van der Waals surface area contributed by atoms with E-state index < -0.39 is 39.9 Å². The Morgan fingerprint density at radius 1 is 1.23 bits per heavy atom. The molecule has 0 heterocycles. The summed E-state index contributed by atoms with van der Waals surface area (Å²) < 4.78 is 45.9. The minimum atomic E-state index is -4.22. The average Bonchev–Trinajstić information content (AvgIpc) is 2.60. The van der Waals surface area contributed by atoms with Gasteiger partial charge in [0.2, 0.25) is 0 Å². The van der Waals surface area contributed by atoms with Crippen LogP contribution in [0.15, 0.2) is 30.4 Å². The van der Waals surface area contributed by atoms with Crippen molar-refractivity contribution in [3.63, 3.8) is 0 Å². The van der Waals surface area contributed by atoms with Gasteiger partial charge < -0.3 is 14.2 Å². The topological polar surface area (TPSA) is 133 Å². The predicted molar refractivity (Wildman–Crippen MR) is 116 cm³/mol. The Labute approximate surface area is 188 Å². The molecule has 166 valence electrons. The fourth-order valence-corrected chi connectivity index (χ4v) is 3.36. The van der Waals surface area contributed by atoms with Gasteiger partial charge in [0.1, 0.15) is 17.6 Å². The highest BCUT2D eigenvalue weighted by molar-refractivity contribution is 14.1. The molecule has 9 nitrogen and oxygen atoms in total. The molecule has 1 aromatic rings. The monoisotopic (exact) mass is 554 g/mol. The van der Waals surface area contributed by atoms with Crippen LogP contribution in [0.4, 0.5) is 0 Å². The Bertz CT molecular complexity index is 909. The van der Waals surface area contributed by atoms with E-state index in [0.29, 0.717) is 16.4 Å². The van der Waals surface area contributed by atoms with Crippen molar-refractivity contribution >= 4 is 50.6 Å². The highest BCUT2D eigenvalue weighted by atomic mass is 127. The first-order valence-corrected chi connectivity index (χ1v) is 11.6. The summed E-state index contributed by atoms with van der Waals surface area (Å²) in [4.78, 5) is 35.5. The van der Waals surface area contributed by atoms with E-state index in [1.807, 2.05) is 22.6 Å². The van der Waals surface area contributed by atoms with Crippen LogP contribution in [0.1, 0.15) is 43.5 Å². The van der Waals surface area contributed by atoms with Gasteiger partial charge >= 0.3 is 17.9 Å². The number of unbranched alkanes of at least 4 members (excludes halogenated alkanes) is 1. The van der Waals surface area contributed by atoms with Crippen molar-refractivity contribution in [3.05, 3.63) is 39.5 Å². The smallest absolute Gasteiger partial charge is 0.339 e. The van der Waals surface area contributed by atoms with Gasteiger partial charge in [-0.2, -0.15) is 8.42 Å².